The Hall–Kier alpha value is -1.35. The second kappa shape index (κ2) is 6.01. The van der Waals surface area contributed by atoms with E-state index in [0.717, 1.165) is 0 Å². The minimum atomic E-state index is -0.209. The molecule has 18 heavy (non-hydrogen) atoms. The van der Waals surface area contributed by atoms with Crippen LogP contribution < -0.4 is 10.6 Å². The maximum atomic E-state index is 12.0. The molecule has 3 heteroatoms. The van der Waals surface area contributed by atoms with E-state index >= 15 is 0 Å². The van der Waals surface area contributed by atoms with Gasteiger partial charge in [0, 0.05) is 11.6 Å². The van der Waals surface area contributed by atoms with E-state index in [9.17, 15) is 4.79 Å². The van der Waals surface area contributed by atoms with Crippen molar-refractivity contribution in [3.05, 3.63) is 35.9 Å². The first kappa shape index (κ1) is 14.7. The van der Waals surface area contributed by atoms with Gasteiger partial charge in [0.25, 0.3) is 0 Å². The van der Waals surface area contributed by atoms with Crippen molar-refractivity contribution in [2.45, 2.75) is 52.2 Å². The monoisotopic (exact) mass is 248 g/mol. The Morgan fingerprint density at radius 1 is 1.11 bits per heavy atom. The van der Waals surface area contributed by atoms with Crippen molar-refractivity contribution in [2.75, 3.05) is 0 Å². The van der Waals surface area contributed by atoms with Gasteiger partial charge in [0.15, 0.2) is 0 Å². The van der Waals surface area contributed by atoms with Crippen LogP contribution in [0.2, 0.25) is 0 Å². The molecular weight excluding hydrogens is 224 g/mol. The van der Waals surface area contributed by atoms with Gasteiger partial charge in [-0.2, -0.15) is 0 Å². The number of rotatable bonds is 4. The quantitative estimate of drug-likeness (QED) is 0.860. The lowest BCUT2D eigenvalue weighted by Crippen LogP contribution is -2.49. The fraction of sp³-hybridized carbons (Fsp3) is 0.533. The third kappa shape index (κ3) is 4.88. The summed E-state index contributed by atoms with van der Waals surface area (Å²) in [5.41, 5.74) is 0.996. The lowest BCUT2D eigenvalue weighted by atomic mass is 10.1. The Morgan fingerprint density at radius 3 is 2.17 bits per heavy atom. The summed E-state index contributed by atoms with van der Waals surface area (Å²) >= 11 is 0. The molecule has 2 N–H and O–H groups in total. The number of amides is 1. The molecule has 100 valence electrons. The van der Waals surface area contributed by atoms with E-state index in [4.69, 9.17) is 0 Å². The van der Waals surface area contributed by atoms with Crippen LogP contribution in [0.4, 0.5) is 0 Å². The summed E-state index contributed by atoms with van der Waals surface area (Å²) in [5, 5.41) is 6.28. The fourth-order valence-corrected chi connectivity index (χ4v) is 1.77. The van der Waals surface area contributed by atoms with Crippen molar-refractivity contribution in [1.82, 2.24) is 10.6 Å². The van der Waals surface area contributed by atoms with Crippen LogP contribution in [0.25, 0.3) is 0 Å². The maximum Gasteiger partial charge on any atom is 0.237 e. The molecule has 0 heterocycles. The smallest absolute Gasteiger partial charge is 0.237 e. The number of nitrogens with one attached hydrogen (secondary N) is 2. The Kier molecular flexibility index (Phi) is 4.91. The van der Waals surface area contributed by atoms with Crippen LogP contribution in [0.1, 0.15) is 46.2 Å². The average molecular weight is 248 g/mol. The van der Waals surface area contributed by atoms with Gasteiger partial charge in [-0.15, -0.1) is 0 Å². The van der Waals surface area contributed by atoms with E-state index < -0.39 is 0 Å². The topological polar surface area (TPSA) is 41.1 Å². The zero-order chi connectivity index (χ0) is 13.8. The lowest BCUT2D eigenvalue weighted by Gasteiger charge is -2.25. The van der Waals surface area contributed by atoms with E-state index in [1.54, 1.807) is 0 Å². The Balaban J connectivity index is 2.55. The summed E-state index contributed by atoms with van der Waals surface area (Å²) in [6.45, 7) is 9.91. The summed E-state index contributed by atoms with van der Waals surface area (Å²) in [6.07, 6.45) is 0. The molecule has 0 saturated carbocycles. The van der Waals surface area contributed by atoms with Crippen LogP contribution >= 0.6 is 0 Å². The molecule has 0 aliphatic carbocycles. The number of carbonyl (C=O) groups excluding carboxylic acids is 1. The first-order valence-electron chi connectivity index (χ1n) is 6.42. The highest BCUT2D eigenvalue weighted by Crippen LogP contribution is 2.12. The van der Waals surface area contributed by atoms with E-state index in [2.05, 4.69) is 29.7 Å². The second-order valence-electron chi connectivity index (χ2n) is 5.76. The standard InChI is InChI=1S/C15H24N2O/c1-11(13-9-7-6-8-10-13)16-12(2)14(18)17-15(3,4)5/h6-12,16H,1-5H3,(H,17,18)/t11-,12?/m0/s1. The molecule has 1 amide bonds. The SMILES string of the molecule is CC(N[C@@H](C)c1ccccc1)C(=O)NC(C)(C)C. The Labute approximate surface area is 110 Å². The Bertz CT molecular complexity index is 381. The van der Waals surface area contributed by atoms with E-state index in [0.29, 0.717) is 0 Å². The highest BCUT2D eigenvalue weighted by molar-refractivity contribution is 5.81. The summed E-state index contributed by atoms with van der Waals surface area (Å²) in [6, 6.07) is 10.1. The molecule has 0 bridgehead atoms. The van der Waals surface area contributed by atoms with E-state index in [1.807, 2.05) is 45.9 Å². The molecule has 1 aromatic rings. The molecule has 0 aliphatic rings. The largest absolute Gasteiger partial charge is 0.350 e. The molecule has 0 aromatic heterocycles. The predicted molar refractivity (Wildman–Crippen MR) is 75.4 cm³/mol. The molecular formula is C15H24N2O. The molecule has 1 rings (SSSR count). The summed E-state index contributed by atoms with van der Waals surface area (Å²) in [4.78, 5) is 12.0. The minimum Gasteiger partial charge on any atom is -0.350 e. The first-order chi connectivity index (χ1) is 8.29. The van der Waals surface area contributed by atoms with Crippen LogP contribution in [0.15, 0.2) is 30.3 Å². The molecule has 0 aliphatic heterocycles. The van der Waals surface area contributed by atoms with Gasteiger partial charge in [0.1, 0.15) is 0 Å². The van der Waals surface area contributed by atoms with Gasteiger partial charge < -0.3 is 5.32 Å². The predicted octanol–water partition coefficient (Wildman–Crippen LogP) is 2.64. The first-order valence-corrected chi connectivity index (χ1v) is 6.42. The molecule has 2 atom stereocenters. The number of hydrogen-bond donors (Lipinski definition) is 2. The van der Waals surface area contributed by atoms with E-state index in [-0.39, 0.29) is 23.5 Å². The molecule has 0 spiro atoms. The number of hydrogen-bond acceptors (Lipinski definition) is 2. The van der Waals surface area contributed by atoms with E-state index in [1.165, 1.54) is 5.56 Å². The number of benzene rings is 1. The van der Waals surface area contributed by atoms with Crippen LogP contribution in [-0.4, -0.2) is 17.5 Å². The molecule has 1 aromatic carbocycles. The van der Waals surface area contributed by atoms with Gasteiger partial charge in [0.05, 0.1) is 6.04 Å². The van der Waals surface area contributed by atoms with Crippen molar-refractivity contribution in [3.63, 3.8) is 0 Å². The van der Waals surface area contributed by atoms with Gasteiger partial charge in [-0.25, -0.2) is 0 Å². The van der Waals surface area contributed by atoms with Crippen LogP contribution in [0.3, 0.4) is 0 Å². The third-order valence-electron chi connectivity index (χ3n) is 2.69. The van der Waals surface area contributed by atoms with Gasteiger partial charge in [-0.3, -0.25) is 10.1 Å². The average Bonchev–Trinajstić information content (AvgIpc) is 2.27. The maximum absolute atomic E-state index is 12.0. The molecule has 1 unspecified atom stereocenters. The summed E-state index contributed by atoms with van der Waals surface area (Å²) in [7, 11) is 0. The molecule has 0 fully saturated rings. The fourth-order valence-electron chi connectivity index (χ4n) is 1.77. The zero-order valence-corrected chi connectivity index (χ0v) is 11.9. The third-order valence-corrected chi connectivity index (χ3v) is 2.69. The van der Waals surface area contributed by atoms with Crippen LogP contribution in [0.5, 0.6) is 0 Å². The lowest BCUT2D eigenvalue weighted by molar-refractivity contribution is -0.124. The normalized spacial score (nSPS) is 14.9. The van der Waals surface area contributed by atoms with Crippen molar-refractivity contribution >= 4 is 5.91 Å². The van der Waals surface area contributed by atoms with Crippen LogP contribution in [0, 0.1) is 0 Å². The molecule has 0 saturated heterocycles. The van der Waals surface area contributed by atoms with Gasteiger partial charge >= 0.3 is 0 Å². The van der Waals surface area contributed by atoms with Crippen molar-refractivity contribution in [3.8, 4) is 0 Å². The van der Waals surface area contributed by atoms with Gasteiger partial charge in [0.2, 0.25) is 5.91 Å². The van der Waals surface area contributed by atoms with Crippen molar-refractivity contribution < 1.29 is 4.79 Å². The second-order valence-corrected chi connectivity index (χ2v) is 5.76. The minimum absolute atomic E-state index is 0.0327. The number of carbonyl (C=O) groups is 1. The van der Waals surface area contributed by atoms with Crippen molar-refractivity contribution in [1.29, 1.82) is 0 Å². The summed E-state index contributed by atoms with van der Waals surface area (Å²) in [5.74, 6) is 0.0327. The van der Waals surface area contributed by atoms with Crippen LogP contribution in [-0.2, 0) is 4.79 Å². The van der Waals surface area contributed by atoms with Gasteiger partial charge in [-0.05, 0) is 40.2 Å². The van der Waals surface area contributed by atoms with Crippen molar-refractivity contribution in [2.24, 2.45) is 0 Å². The Morgan fingerprint density at radius 2 is 1.67 bits per heavy atom. The highest BCUT2D eigenvalue weighted by atomic mass is 16.2. The summed E-state index contributed by atoms with van der Waals surface area (Å²) < 4.78 is 0. The molecule has 0 radical (unpaired) electrons. The molecule has 3 nitrogen and oxygen atoms in total. The highest BCUT2D eigenvalue weighted by Gasteiger charge is 2.20. The van der Waals surface area contributed by atoms with Gasteiger partial charge in [-0.1, -0.05) is 30.3 Å². The zero-order valence-electron chi connectivity index (χ0n) is 11.9.